The molecule has 96 valence electrons. The van der Waals surface area contributed by atoms with Crippen LogP contribution in [0.3, 0.4) is 0 Å². The Bertz CT molecular complexity index is 403. The minimum Gasteiger partial charge on any atom is -0.508 e. The third-order valence-corrected chi connectivity index (χ3v) is 2.17. The summed E-state index contributed by atoms with van der Waals surface area (Å²) in [5.74, 6) is 0.514. The highest BCUT2D eigenvalue weighted by molar-refractivity contribution is 5.64. The summed E-state index contributed by atoms with van der Waals surface area (Å²) < 4.78 is 0. The lowest BCUT2D eigenvalue weighted by molar-refractivity contribution is 0.186. The molecule has 0 aliphatic carbocycles. The molecule has 0 saturated heterocycles. The fraction of sp³-hybridized carbons (Fsp3) is 0.143. The Kier molecular flexibility index (Phi) is 5.70. The summed E-state index contributed by atoms with van der Waals surface area (Å²) in [6.45, 7) is -0.250. The van der Waals surface area contributed by atoms with E-state index in [-0.39, 0.29) is 24.7 Å². The van der Waals surface area contributed by atoms with Crippen LogP contribution in [0.25, 0.3) is 11.1 Å². The van der Waals surface area contributed by atoms with Crippen molar-refractivity contribution >= 4 is 0 Å². The molecule has 2 rings (SSSR count). The van der Waals surface area contributed by atoms with Gasteiger partial charge in [0.1, 0.15) is 11.5 Å². The Morgan fingerprint density at radius 2 is 0.833 bits per heavy atom. The van der Waals surface area contributed by atoms with Crippen LogP contribution < -0.4 is 0 Å². The number of aromatic hydroxyl groups is 2. The molecular formula is C14H16O4. The molecule has 0 atom stereocenters. The fourth-order valence-corrected chi connectivity index (χ4v) is 1.31. The van der Waals surface area contributed by atoms with Gasteiger partial charge in [0.2, 0.25) is 0 Å². The topological polar surface area (TPSA) is 80.9 Å². The first-order valence-electron chi connectivity index (χ1n) is 5.47. The van der Waals surface area contributed by atoms with E-state index in [0.717, 1.165) is 11.1 Å². The van der Waals surface area contributed by atoms with Crippen molar-refractivity contribution in [3.8, 4) is 22.6 Å². The zero-order valence-electron chi connectivity index (χ0n) is 9.82. The molecule has 4 heteroatoms. The number of rotatable bonds is 2. The third-order valence-electron chi connectivity index (χ3n) is 2.17. The first kappa shape index (κ1) is 14.0. The first-order chi connectivity index (χ1) is 8.67. The van der Waals surface area contributed by atoms with Gasteiger partial charge < -0.3 is 20.4 Å². The summed E-state index contributed by atoms with van der Waals surface area (Å²) in [7, 11) is 0. The molecule has 0 bridgehead atoms. The molecule has 0 saturated carbocycles. The highest BCUT2D eigenvalue weighted by atomic mass is 16.3. The standard InChI is InChI=1S/C12H10O2.C2H6O2/c13-11-5-1-9(2-6-11)10-3-7-12(14)8-4-10;3-1-2-4/h1-8,13-14H;3-4H,1-2H2. The maximum atomic E-state index is 9.11. The molecular weight excluding hydrogens is 232 g/mol. The van der Waals surface area contributed by atoms with Gasteiger partial charge in [-0.05, 0) is 35.4 Å². The average Bonchev–Trinajstić information content (AvgIpc) is 2.41. The number of hydrogen-bond donors (Lipinski definition) is 4. The highest BCUT2D eigenvalue weighted by Crippen LogP contribution is 2.23. The largest absolute Gasteiger partial charge is 0.508 e. The van der Waals surface area contributed by atoms with Crippen LogP contribution in [0, 0.1) is 0 Å². The van der Waals surface area contributed by atoms with Crippen molar-refractivity contribution in [2.24, 2.45) is 0 Å². The summed E-state index contributed by atoms with van der Waals surface area (Å²) in [5.41, 5.74) is 2.03. The maximum Gasteiger partial charge on any atom is 0.115 e. The first-order valence-corrected chi connectivity index (χ1v) is 5.47. The van der Waals surface area contributed by atoms with E-state index in [2.05, 4.69) is 0 Å². The average molecular weight is 248 g/mol. The fourth-order valence-electron chi connectivity index (χ4n) is 1.31. The van der Waals surface area contributed by atoms with Gasteiger partial charge in [0.25, 0.3) is 0 Å². The zero-order chi connectivity index (χ0) is 13.4. The van der Waals surface area contributed by atoms with Gasteiger partial charge in [-0.1, -0.05) is 24.3 Å². The zero-order valence-corrected chi connectivity index (χ0v) is 9.82. The summed E-state index contributed by atoms with van der Waals surface area (Å²) in [4.78, 5) is 0. The molecule has 2 aromatic rings. The Balaban J connectivity index is 0.000000357. The SMILES string of the molecule is OCCO.Oc1ccc(-c2ccc(O)cc2)cc1. The molecule has 4 nitrogen and oxygen atoms in total. The van der Waals surface area contributed by atoms with Crippen LogP contribution in [0.4, 0.5) is 0 Å². The number of benzene rings is 2. The van der Waals surface area contributed by atoms with E-state index in [1.165, 1.54) is 0 Å². The maximum absolute atomic E-state index is 9.11. The number of aliphatic hydroxyl groups is 2. The predicted octanol–water partition coefficient (Wildman–Crippen LogP) is 1.74. The summed E-state index contributed by atoms with van der Waals surface area (Å²) >= 11 is 0. The second-order valence-electron chi connectivity index (χ2n) is 3.54. The van der Waals surface area contributed by atoms with Crippen LogP contribution in [0.5, 0.6) is 11.5 Å². The van der Waals surface area contributed by atoms with Gasteiger partial charge in [-0.25, -0.2) is 0 Å². The van der Waals surface area contributed by atoms with Crippen molar-refractivity contribution in [2.45, 2.75) is 0 Å². The van der Waals surface area contributed by atoms with Crippen molar-refractivity contribution in [3.63, 3.8) is 0 Å². The van der Waals surface area contributed by atoms with Crippen LogP contribution in [-0.4, -0.2) is 33.6 Å². The number of hydrogen-bond acceptors (Lipinski definition) is 4. The minimum atomic E-state index is -0.125. The molecule has 0 radical (unpaired) electrons. The van der Waals surface area contributed by atoms with E-state index in [0.29, 0.717) is 0 Å². The predicted molar refractivity (Wildman–Crippen MR) is 69.4 cm³/mol. The van der Waals surface area contributed by atoms with Crippen molar-refractivity contribution in [1.29, 1.82) is 0 Å². The minimum absolute atomic E-state index is 0.125. The second-order valence-corrected chi connectivity index (χ2v) is 3.54. The summed E-state index contributed by atoms with van der Waals surface area (Å²) in [6.07, 6.45) is 0. The van der Waals surface area contributed by atoms with E-state index in [4.69, 9.17) is 20.4 Å². The normalized spacial score (nSPS) is 9.44. The van der Waals surface area contributed by atoms with Crippen molar-refractivity contribution < 1.29 is 20.4 Å². The molecule has 0 aromatic heterocycles. The van der Waals surface area contributed by atoms with E-state index >= 15 is 0 Å². The van der Waals surface area contributed by atoms with Crippen molar-refractivity contribution in [2.75, 3.05) is 13.2 Å². The van der Waals surface area contributed by atoms with Crippen molar-refractivity contribution in [1.82, 2.24) is 0 Å². The van der Waals surface area contributed by atoms with E-state index < -0.39 is 0 Å². The molecule has 4 N–H and O–H groups in total. The lowest BCUT2D eigenvalue weighted by Gasteiger charge is -2.01. The summed E-state index contributed by atoms with van der Waals surface area (Å²) in [6, 6.07) is 13.9. The van der Waals surface area contributed by atoms with E-state index in [1.54, 1.807) is 24.3 Å². The van der Waals surface area contributed by atoms with Crippen molar-refractivity contribution in [3.05, 3.63) is 48.5 Å². The lowest BCUT2D eigenvalue weighted by atomic mass is 10.1. The molecule has 0 fully saturated rings. The smallest absolute Gasteiger partial charge is 0.115 e. The van der Waals surface area contributed by atoms with Gasteiger partial charge in [-0.2, -0.15) is 0 Å². The van der Waals surface area contributed by atoms with E-state index in [9.17, 15) is 0 Å². The summed E-state index contributed by atoms with van der Waals surface area (Å²) in [5, 5.41) is 33.5. The number of aliphatic hydroxyl groups excluding tert-OH is 2. The molecule has 0 aliphatic heterocycles. The quantitative estimate of drug-likeness (QED) is 0.652. The van der Waals surface area contributed by atoms with Gasteiger partial charge in [0, 0.05) is 0 Å². The van der Waals surface area contributed by atoms with Crippen LogP contribution in [-0.2, 0) is 0 Å². The Labute approximate surface area is 105 Å². The molecule has 0 aliphatic rings. The van der Waals surface area contributed by atoms with Gasteiger partial charge in [0.05, 0.1) is 13.2 Å². The third kappa shape index (κ3) is 4.45. The monoisotopic (exact) mass is 248 g/mol. The molecule has 0 spiro atoms. The second kappa shape index (κ2) is 7.32. The van der Waals surface area contributed by atoms with Crippen LogP contribution in [0.2, 0.25) is 0 Å². The number of phenols is 2. The molecule has 2 aromatic carbocycles. The van der Waals surface area contributed by atoms with Crippen LogP contribution >= 0.6 is 0 Å². The number of phenolic OH excluding ortho intramolecular Hbond substituents is 2. The van der Waals surface area contributed by atoms with Crippen LogP contribution in [0.15, 0.2) is 48.5 Å². The molecule has 0 amide bonds. The van der Waals surface area contributed by atoms with Gasteiger partial charge in [-0.15, -0.1) is 0 Å². The highest BCUT2D eigenvalue weighted by Gasteiger charge is 1.96. The Hall–Kier alpha value is -2.04. The van der Waals surface area contributed by atoms with E-state index in [1.807, 2.05) is 24.3 Å². The Morgan fingerprint density at radius 3 is 1.06 bits per heavy atom. The lowest BCUT2D eigenvalue weighted by Crippen LogP contribution is -1.85. The Morgan fingerprint density at radius 1 is 0.556 bits per heavy atom. The van der Waals surface area contributed by atoms with Gasteiger partial charge in [-0.3, -0.25) is 0 Å². The molecule has 18 heavy (non-hydrogen) atoms. The van der Waals surface area contributed by atoms with Gasteiger partial charge >= 0.3 is 0 Å². The molecule has 0 heterocycles. The molecule has 0 unspecified atom stereocenters. The van der Waals surface area contributed by atoms with Crippen LogP contribution in [0.1, 0.15) is 0 Å². The van der Waals surface area contributed by atoms with Gasteiger partial charge in [0.15, 0.2) is 0 Å².